The summed E-state index contributed by atoms with van der Waals surface area (Å²) in [6.07, 6.45) is -0.800. The van der Waals surface area contributed by atoms with Crippen LogP contribution in [-0.2, 0) is 11.3 Å². The van der Waals surface area contributed by atoms with E-state index in [9.17, 15) is 4.79 Å². The van der Waals surface area contributed by atoms with Crippen molar-refractivity contribution >= 4 is 21.9 Å². The number of rotatable bonds is 5. The molecule has 0 saturated heterocycles. The molecular formula is C17H14BrNO3. The molecule has 0 aromatic heterocycles. The number of benzene rings is 2. The van der Waals surface area contributed by atoms with Gasteiger partial charge < -0.3 is 9.47 Å². The van der Waals surface area contributed by atoms with Crippen LogP contribution in [0.15, 0.2) is 53.0 Å². The second-order valence-corrected chi connectivity index (χ2v) is 5.51. The van der Waals surface area contributed by atoms with Gasteiger partial charge in [0.1, 0.15) is 24.0 Å². The number of hydrogen-bond donors (Lipinski definition) is 0. The summed E-state index contributed by atoms with van der Waals surface area (Å²) in [5, 5.41) is 8.71. The molecule has 0 aliphatic carbocycles. The lowest BCUT2D eigenvalue weighted by atomic mass is 10.2. The van der Waals surface area contributed by atoms with Gasteiger partial charge in [-0.2, -0.15) is 5.26 Å². The van der Waals surface area contributed by atoms with E-state index in [2.05, 4.69) is 15.9 Å². The second kappa shape index (κ2) is 7.62. The number of carbonyl (C=O) groups is 1. The van der Waals surface area contributed by atoms with Gasteiger partial charge in [0.05, 0.1) is 0 Å². The highest BCUT2D eigenvalue weighted by molar-refractivity contribution is 9.10. The largest absolute Gasteiger partial charge is 0.488 e. The lowest BCUT2D eigenvalue weighted by molar-refractivity contribution is 0.0430. The zero-order chi connectivity index (χ0) is 15.9. The van der Waals surface area contributed by atoms with Crippen molar-refractivity contribution in [3.63, 3.8) is 0 Å². The molecule has 2 aromatic carbocycles. The molecule has 0 heterocycles. The lowest BCUT2D eigenvalue weighted by Crippen LogP contribution is -2.14. The monoisotopic (exact) mass is 359 g/mol. The van der Waals surface area contributed by atoms with Gasteiger partial charge >= 0.3 is 5.97 Å². The Morgan fingerprint density at radius 2 is 2.05 bits per heavy atom. The van der Waals surface area contributed by atoms with Crippen molar-refractivity contribution in [3.05, 3.63) is 64.1 Å². The Hall–Kier alpha value is -2.32. The van der Waals surface area contributed by atoms with E-state index in [-0.39, 0.29) is 0 Å². The number of nitriles is 1. The molecule has 0 spiro atoms. The van der Waals surface area contributed by atoms with Gasteiger partial charge in [-0.05, 0) is 36.8 Å². The molecule has 4 nitrogen and oxygen atoms in total. The third kappa shape index (κ3) is 4.34. The summed E-state index contributed by atoms with van der Waals surface area (Å²) >= 11 is 3.40. The zero-order valence-electron chi connectivity index (χ0n) is 12.0. The molecule has 5 heteroatoms. The molecule has 0 amide bonds. The average Bonchev–Trinajstić information content (AvgIpc) is 2.53. The van der Waals surface area contributed by atoms with Crippen LogP contribution in [0.1, 0.15) is 22.8 Å². The van der Waals surface area contributed by atoms with Gasteiger partial charge in [-0.15, -0.1) is 0 Å². The van der Waals surface area contributed by atoms with Gasteiger partial charge in [0.25, 0.3) is 0 Å². The average molecular weight is 360 g/mol. The van der Waals surface area contributed by atoms with Crippen LogP contribution in [0.4, 0.5) is 0 Å². The predicted octanol–water partition coefficient (Wildman–Crippen LogP) is 4.10. The summed E-state index contributed by atoms with van der Waals surface area (Å²) in [5.74, 6) is -0.142. The van der Waals surface area contributed by atoms with E-state index in [4.69, 9.17) is 14.7 Å². The summed E-state index contributed by atoms with van der Waals surface area (Å²) in [4.78, 5) is 12.0. The van der Waals surface area contributed by atoms with Gasteiger partial charge in [-0.25, -0.2) is 4.79 Å². The fraction of sp³-hybridized carbons (Fsp3) is 0.176. The highest BCUT2D eigenvalue weighted by Crippen LogP contribution is 2.21. The van der Waals surface area contributed by atoms with Crippen LogP contribution in [0.5, 0.6) is 5.75 Å². The molecule has 0 radical (unpaired) electrons. The van der Waals surface area contributed by atoms with Crippen molar-refractivity contribution in [1.29, 1.82) is 5.26 Å². The molecule has 0 saturated carbocycles. The molecule has 2 rings (SSSR count). The Bertz CT molecular complexity index is 709. The van der Waals surface area contributed by atoms with Crippen molar-refractivity contribution in [2.45, 2.75) is 19.6 Å². The summed E-state index contributed by atoms with van der Waals surface area (Å²) < 4.78 is 11.7. The first-order chi connectivity index (χ1) is 10.6. The molecular weight excluding hydrogens is 346 g/mol. The topological polar surface area (TPSA) is 59.3 Å². The van der Waals surface area contributed by atoms with E-state index in [0.29, 0.717) is 17.9 Å². The van der Waals surface area contributed by atoms with E-state index >= 15 is 0 Å². The van der Waals surface area contributed by atoms with E-state index in [1.54, 1.807) is 24.3 Å². The standard InChI is InChI=1S/C17H14BrNO3/c1-12(10-19)22-17(20)15-7-2-3-8-16(15)21-11-13-5-4-6-14(18)9-13/h2-9,12H,11H2,1H3. The molecule has 0 aliphatic heterocycles. The minimum atomic E-state index is -0.800. The molecule has 112 valence electrons. The summed E-state index contributed by atoms with van der Waals surface area (Å²) in [7, 11) is 0. The van der Waals surface area contributed by atoms with Crippen LogP contribution in [0.2, 0.25) is 0 Å². The summed E-state index contributed by atoms with van der Waals surface area (Å²) in [5.41, 5.74) is 1.28. The van der Waals surface area contributed by atoms with Crippen molar-refractivity contribution in [3.8, 4) is 11.8 Å². The minimum absolute atomic E-state index is 0.305. The number of esters is 1. The van der Waals surface area contributed by atoms with Crippen LogP contribution in [-0.4, -0.2) is 12.1 Å². The number of para-hydroxylation sites is 1. The third-order valence-corrected chi connectivity index (χ3v) is 3.35. The van der Waals surface area contributed by atoms with Crippen molar-refractivity contribution in [1.82, 2.24) is 0 Å². The van der Waals surface area contributed by atoms with Crippen LogP contribution < -0.4 is 4.74 Å². The zero-order valence-corrected chi connectivity index (χ0v) is 13.5. The lowest BCUT2D eigenvalue weighted by Gasteiger charge is -2.12. The molecule has 1 unspecified atom stereocenters. The normalized spacial score (nSPS) is 11.3. The van der Waals surface area contributed by atoms with Crippen molar-refractivity contribution < 1.29 is 14.3 Å². The Labute approximate surface area is 137 Å². The van der Waals surface area contributed by atoms with Gasteiger partial charge in [0.2, 0.25) is 0 Å². The molecule has 22 heavy (non-hydrogen) atoms. The van der Waals surface area contributed by atoms with Crippen molar-refractivity contribution in [2.75, 3.05) is 0 Å². The van der Waals surface area contributed by atoms with E-state index < -0.39 is 12.1 Å². The van der Waals surface area contributed by atoms with E-state index in [1.165, 1.54) is 6.92 Å². The maximum Gasteiger partial charge on any atom is 0.343 e. The number of nitrogens with zero attached hydrogens (tertiary/aromatic N) is 1. The SMILES string of the molecule is CC(C#N)OC(=O)c1ccccc1OCc1cccc(Br)c1. The van der Waals surface area contributed by atoms with E-state index in [0.717, 1.165) is 10.0 Å². The number of ether oxygens (including phenoxy) is 2. The molecule has 0 bridgehead atoms. The summed E-state index contributed by atoms with van der Waals surface area (Å²) in [6, 6.07) is 16.4. The maximum atomic E-state index is 12.0. The second-order valence-electron chi connectivity index (χ2n) is 4.59. The van der Waals surface area contributed by atoms with Gasteiger partial charge in [-0.3, -0.25) is 0 Å². The third-order valence-electron chi connectivity index (χ3n) is 2.86. The van der Waals surface area contributed by atoms with Crippen LogP contribution >= 0.6 is 15.9 Å². The molecule has 0 fully saturated rings. The number of carbonyl (C=O) groups excluding carboxylic acids is 1. The number of hydrogen-bond acceptors (Lipinski definition) is 4. The highest BCUT2D eigenvalue weighted by atomic mass is 79.9. The Kier molecular flexibility index (Phi) is 5.56. The fourth-order valence-corrected chi connectivity index (χ4v) is 2.25. The van der Waals surface area contributed by atoms with Crippen LogP contribution in [0.3, 0.4) is 0 Å². The predicted molar refractivity (Wildman–Crippen MR) is 85.4 cm³/mol. The Morgan fingerprint density at radius 1 is 1.27 bits per heavy atom. The highest BCUT2D eigenvalue weighted by Gasteiger charge is 2.16. The van der Waals surface area contributed by atoms with Gasteiger partial charge in [-0.1, -0.05) is 40.2 Å². The van der Waals surface area contributed by atoms with Gasteiger partial charge in [0, 0.05) is 4.47 Å². The Morgan fingerprint density at radius 3 is 2.77 bits per heavy atom. The molecule has 0 aliphatic rings. The molecule has 1 atom stereocenters. The van der Waals surface area contributed by atoms with Crippen LogP contribution in [0.25, 0.3) is 0 Å². The fourth-order valence-electron chi connectivity index (χ4n) is 1.80. The minimum Gasteiger partial charge on any atom is -0.488 e. The maximum absolute atomic E-state index is 12.0. The Balaban J connectivity index is 2.11. The smallest absolute Gasteiger partial charge is 0.343 e. The first-order valence-corrected chi connectivity index (χ1v) is 7.46. The summed E-state index contributed by atoms with van der Waals surface area (Å²) in [6.45, 7) is 1.85. The van der Waals surface area contributed by atoms with E-state index in [1.807, 2.05) is 30.3 Å². The van der Waals surface area contributed by atoms with Crippen molar-refractivity contribution in [2.24, 2.45) is 0 Å². The first-order valence-electron chi connectivity index (χ1n) is 6.67. The first kappa shape index (κ1) is 16.1. The molecule has 0 N–H and O–H groups in total. The quantitative estimate of drug-likeness (QED) is 0.754. The number of halogens is 1. The van der Waals surface area contributed by atoms with Crippen LogP contribution in [0, 0.1) is 11.3 Å². The van der Waals surface area contributed by atoms with Gasteiger partial charge in [0.15, 0.2) is 6.10 Å². The molecule has 2 aromatic rings.